The van der Waals surface area contributed by atoms with E-state index in [0.717, 1.165) is 12.8 Å². The maximum atomic E-state index is 11.9. The Kier molecular flexibility index (Phi) is 5.60. The van der Waals surface area contributed by atoms with Crippen molar-refractivity contribution in [1.29, 1.82) is 0 Å². The summed E-state index contributed by atoms with van der Waals surface area (Å²) < 4.78 is 5.33. The van der Waals surface area contributed by atoms with Gasteiger partial charge in [-0.05, 0) is 33.6 Å². The first-order chi connectivity index (χ1) is 8.81. The van der Waals surface area contributed by atoms with Crippen LogP contribution in [0, 0.1) is 0 Å². The molecule has 0 radical (unpaired) electrons. The quantitative estimate of drug-likeness (QED) is 0.793. The summed E-state index contributed by atoms with van der Waals surface area (Å²) in [5.74, 6) is -0.0189. The molecule has 6 nitrogen and oxygen atoms in total. The zero-order valence-electron chi connectivity index (χ0n) is 12.3. The number of hydrogen-bond acceptors (Lipinski definition) is 4. The van der Waals surface area contributed by atoms with Gasteiger partial charge >= 0.3 is 6.09 Å². The van der Waals surface area contributed by atoms with E-state index in [4.69, 9.17) is 4.74 Å². The Morgan fingerprint density at radius 3 is 2.32 bits per heavy atom. The highest BCUT2D eigenvalue weighted by Crippen LogP contribution is 2.15. The minimum atomic E-state index is -0.453. The van der Waals surface area contributed by atoms with Gasteiger partial charge in [0.2, 0.25) is 5.91 Å². The second-order valence-corrected chi connectivity index (χ2v) is 5.80. The summed E-state index contributed by atoms with van der Waals surface area (Å²) in [5.41, 5.74) is -0.453. The van der Waals surface area contributed by atoms with Gasteiger partial charge in [-0.3, -0.25) is 4.79 Å². The lowest BCUT2D eigenvalue weighted by Crippen LogP contribution is -2.48. The van der Waals surface area contributed by atoms with E-state index < -0.39 is 5.60 Å². The smallest absolute Gasteiger partial charge is 0.410 e. The van der Waals surface area contributed by atoms with Gasteiger partial charge in [0.05, 0.1) is 6.54 Å². The van der Waals surface area contributed by atoms with Crippen molar-refractivity contribution in [3.63, 3.8) is 0 Å². The highest BCUT2D eigenvalue weighted by atomic mass is 16.6. The molecular weight excluding hydrogens is 246 g/mol. The number of amides is 2. The largest absolute Gasteiger partial charge is 0.444 e. The summed E-state index contributed by atoms with van der Waals surface area (Å²) in [6.45, 7) is 7.25. The van der Waals surface area contributed by atoms with Gasteiger partial charge in [0.15, 0.2) is 0 Å². The monoisotopic (exact) mass is 271 g/mol. The Morgan fingerprint density at radius 1 is 1.26 bits per heavy atom. The SMILES string of the molecule is CNC(=O)CNC1CCN(C(=O)OC(C)(C)C)CC1. The third-order valence-electron chi connectivity index (χ3n) is 2.98. The normalized spacial score (nSPS) is 17.2. The molecule has 1 heterocycles. The Bertz CT molecular complexity index is 318. The number of likely N-dealkylation sites (N-methyl/N-ethyl adjacent to an activating group) is 1. The van der Waals surface area contributed by atoms with Crippen LogP contribution in [-0.2, 0) is 9.53 Å². The number of carbonyl (C=O) groups excluding carboxylic acids is 2. The van der Waals surface area contributed by atoms with E-state index >= 15 is 0 Å². The van der Waals surface area contributed by atoms with Gasteiger partial charge in [-0.15, -0.1) is 0 Å². The van der Waals surface area contributed by atoms with E-state index in [9.17, 15) is 9.59 Å². The molecule has 1 fully saturated rings. The van der Waals surface area contributed by atoms with Crippen molar-refractivity contribution in [2.75, 3.05) is 26.7 Å². The lowest BCUT2D eigenvalue weighted by molar-refractivity contribution is -0.119. The van der Waals surface area contributed by atoms with Crippen molar-refractivity contribution in [3.05, 3.63) is 0 Å². The van der Waals surface area contributed by atoms with Crippen LogP contribution in [0.2, 0.25) is 0 Å². The Morgan fingerprint density at radius 2 is 1.84 bits per heavy atom. The fourth-order valence-corrected chi connectivity index (χ4v) is 1.92. The summed E-state index contributed by atoms with van der Waals surface area (Å²) in [4.78, 5) is 24.7. The van der Waals surface area contributed by atoms with Crippen molar-refractivity contribution in [3.8, 4) is 0 Å². The highest BCUT2D eigenvalue weighted by molar-refractivity contribution is 5.77. The molecule has 110 valence electrons. The second kappa shape index (κ2) is 6.75. The average Bonchev–Trinajstić information content (AvgIpc) is 2.34. The number of likely N-dealkylation sites (tertiary alicyclic amines) is 1. The molecule has 0 spiro atoms. The third-order valence-corrected chi connectivity index (χ3v) is 2.98. The predicted molar refractivity (Wildman–Crippen MR) is 72.9 cm³/mol. The molecule has 1 saturated heterocycles. The van der Waals surface area contributed by atoms with Gasteiger partial charge in [-0.2, -0.15) is 0 Å². The predicted octanol–water partition coefficient (Wildman–Crippen LogP) is 0.721. The van der Waals surface area contributed by atoms with E-state index in [-0.39, 0.29) is 18.0 Å². The summed E-state index contributed by atoms with van der Waals surface area (Å²) in [7, 11) is 1.62. The van der Waals surface area contributed by atoms with E-state index in [0.29, 0.717) is 19.6 Å². The lowest BCUT2D eigenvalue weighted by atomic mass is 10.1. The van der Waals surface area contributed by atoms with Gasteiger partial charge in [-0.25, -0.2) is 4.79 Å². The molecule has 0 aromatic rings. The van der Waals surface area contributed by atoms with Crippen molar-refractivity contribution in [2.45, 2.75) is 45.3 Å². The van der Waals surface area contributed by atoms with E-state index in [2.05, 4.69) is 10.6 Å². The van der Waals surface area contributed by atoms with Gasteiger partial charge in [0, 0.05) is 26.2 Å². The Hall–Kier alpha value is -1.30. The first-order valence-electron chi connectivity index (χ1n) is 6.73. The van der Waals surface area contributed by atoms with Crippen LogP contribution in [0.4, 0.5) is 4.79 Å². The number of ether oxygens (including phenoxy) is 1. The molecule has 0 bridgehead atoms. The standard InChI is InChI=1S/C13H25N3O3/c1-13(2,3)19-12(18)16-7-5-10(6-8-16)15-9-11(17)14-4/h10,15H,5-9H2,1-4H3,(H,14,17). The van der Waals surface area contributed by atoms with Crippen LogP contribution in [0.3, 0.4) is 0 Å². The minimum Gasteiger partial charge on any atom is -0.444 e. The van der Waals surface area contributed by atoms with Crippen molar-refractivity contribution in [1.82, 2.24) is 15.5 Å². The van der Waals surface area contributed by atoms with Gasteiger partial charge in [0.1, 0.15) is 5.60 Å². The van der Waals surface area contributed by atoms with Crippen LogP contribution >= 0.6 is 0 Å². The van der Waals surface area contributed by atoms with Crippen molar-refractivity contribution >= 4 is 12.0 Å². The van der Waals surface area contributed by atoms with Crippen LogP contribution in [-0.4, -0.2) is 55.2 Å². The van der Waals surface area contributed by atoms with Crippen molar-refractivity contribution in [2.24, 2.45) is 0 Å². The first kappa shape index (κ1) is 15.8. The number of hydrogen-bond donors (Lipinski definition) is 2. The Balaban J connectivity index is 2.29. The Labute approximate surface area is 114 Å². The molecule has 0 aromatic heterocycles. The molecule has 6 heteroatoms. The fourth-order valence-electron chi connectivity index (χ4n) is 1.92. The van der Waals surface area contributed by atoms with Crippen LogP contribution in [0.25, 0.3) is 0 Å². The summed E-state index contributed by atoms with van der Waals surface area (Å²) in [6, 6.07) is 0.288. The molecule has 1 rings (SSSR count). The number of nitrogens with zero attached hydrogens (tertiary/aromatic N) is 1. The molecule has 2 N–H and O–H groups in total. The molecule has 1 aliphatic heterocycles. The number of carbonyl (C=O) groups is 2. The highest BCUT2D eigenvalue weighted by Gasteiger charge is 2.26. The lowest BCUT2D eigenvalue weighted by Gasteiger charge is -2.33. The van der Waals surface area contributed by atoms with Gasteiger partial charge < -0.3 is 20.3 Å². The number of nitrogens with one attached hydrogen (secondary N) is 2. The molecule has 0 atom stereocenters. The second-order valence-electron chi connectivity index (χ2n) is 5.80. The molecule has 1 aliphatic rings. The first-order valence-corrected chi connectivity index (χ1v) is 6.73. The molecular formula is C13H25N3O3. The molecule has 0 saturated carbocycles. The number of rotatable bonds is 3. The van der Waals surface area contributed by atoms with Crippen molar-refractivity contribution < 1.29 is 14.3 Å². The van der Waals surface area contributed by atoms with E-state index in [1.54, 1.807) is 11.9 Å². The fraction of sp³-hybridized carbons (Fsp3) is 0.846. The summed E-state index contributed by atoms with van der Waals surface area (Å²) in [5, 5.41) is 5.76. The molecule has 19 heavy (non-hydrogen) atoms. The van der Waals surface area contributed by atoms with E-state index in [1.807, 2.05) is 20.8 Å². The average molecular weight is 271 g/mol. The molecule has 0 aliphatic carbocycles. The maximum absolute atomic E-state index is 11.9. The topological polar surface area (TPSA) is 70.7 Å². The van der Waals surface area contributed by atoms with Crippen LogP contribution in [0.1, 0.15) is 33.6 Å². The van der Waals surface area contributed by atoms with Gasteiger partial charge in [-0.1, -0.05) is 0 Å². The van der Waals surface area contributed by atoms with Crippen LogP contribution in [0.5, 0.6) is 0 Å². The zero-order chi connectivity index (χ0) is 14.5. The summed E-state index contributed by atoms with van der Waals surface area (Å²) >= 11 is 0. The minimum absolute atomic E-state index is 0.0189. The number of piperidine rings is 1. The summed E-state index contributed by atoms with van der Waals surface area (Å²) in [6.07, 6.45) is 1.43. The molecule has 0 aromatic carbocycles. The van der Waals surface area contributed by atoms with Crippen LogP contribution in [0.15, 0.2) is 0 Å². The molecule has 0 unspecified atom stereocenters. The van der Waals surface area contributed by atoms with Gasteiger partial charge in [0.25, 0.3) is 0 Å². The van der Waals surface area contributed by atoms with E-state index in [1.165, 1.54) is 0 Å². The maximum Gasteiger partial charge on any atom is 0.410 e. The van der Waals surface area contributed by atoms with Crippen LogP contribution < -0.4 is 10.6 Å². The third kappa shape index (κ3) is 5.92. The molecule has 2 amide bonds. The zero-order valence-corrected chi connectivity index (χ0v) is 12.3.